The number of carboxylic acid groups (broad SMARTS) is 1. The van der Waals surface area contributed by atoms with Crippen molar-refractivity contribution >= 4 is 35.4 Å². The quantitative estimate of drug-likeness (QED) is 0.870. The van der Waals surface area contributed by atoms with Gasteiger partial charge in [-0.15, -0.1) is 0 Å². The highest BCUT2D eigenvalue weighted by atomic mass is 32.2. The van der Waals surface area contributed by atoms with E-state index in [4.69, 9.17) is 0 Å². The Morgan fingerprint density at radius 2 is 2.00 bits per heavy atom. The van der Waals surface area contributed by atoms with Gasteiger partial charge in [-0.25, -0.2) is 4.79 Å². The molecule has 20 heavy (non-hydrogen) atoms. The van der Waals surface area contributed by atoms with E-state index < -0.39 is 11.4 Å². The van der Waals surface area contributed by atoms with Gasteiger partial charge < -0.3 is 5.11 Å². The molecule has 1 aromatic rings. The van der Waals surface area contributed by atoms with Crippen molar-refractivity contribution < 1.29 is 14.7 Å². The van der Waals surface area contributed by atoms with Crippen LogP contribution in [0.2, 0.25) is 0 Å². The fourth-order valence-corrected chi connectivity index (χ4v) is 5.06. The van der Waals surface area contributed by atoms with E-state index in [1.165, 1.54) is 28.4 Å². The summed E-state index contributed by atoms with van der Waals surface area (Å²) in [6.07, 6.45) is 0. The van der Waals surface area contributed by atoms with Crippen LogP contribution in [-0.2, 0) is 9.59 Å². The summed E-state index contributed by atoms with van der Waals surface area (Å²) >= 11 is 2.88. The molecule has 1 atom stereocenters. The number of carbonyl (C=O) groups is 2. The fourth-order valence-electron chi connectivity index (χ4n) is 2.31. The second-order valence-corrected chi connectivity index (χ2v) is 7.66. The van der Waals surface area contributed by atoms with Crippen molar-refractivity contribution in [3.63, 3.8) is 0 Å². The number of hydrogen-bond acceptors (Lipinski definition) is 4. The standard InChI is InChI=1S/C14H13NO3S2/c1-14(2)12(18)15-9(10(16)17)11(20-13(14)15)19-8-6-4-3-5-7-8/h3-7,13H,1-2H3,(H,16,17)/t13-/m1/s1. The first-order chi connectivity index (χ1) is 9.43. The number of β-lactam (4-membered cyclic amide) rings is 1. The molecule has 0 saturated carbocycles. The first-order valence-corrected chi connectivity index (χ1v) is 7.83. The Bertz CT molecular complexity index is 625. The van der Waals surface area contributed by atoms with Crippen molar-refractivity contribution in [3.05, 3.63) is 40.3 Å². The highest BCUT2D eigenvalue weighted by Crippen LogP contribution is 2.58. The van der Waals surface area contributed by atoms with Gasteiger partial charge in [-0.2, -0.15) is 0 Å². The highest BCUT2D eigenvalue weighted by molar-refractivity contribution is 8.22. The first kappa shape index (κ1) is 13.6. The SMILES string of the molecule is CC1(C)C(=O)N2C(C(=O)O)=C(Sc3ccccc3)S[C@@H]21. The number of thioether (sulfide) groups is 2. The second-order valence-electron chi connectivity index (χ2n) is 5.22. The van der Waals surface area contributed by atoms with Gasteiger partial charge in [0.05, 0.1) is 9.65 Å². The Kier molecular flexibility index (Phi) is 3.10. The minimum Gasteiger partial charge on any atom is -0.477 e. The minimum atomic E-state index is -1.04. The summed E-state index contributed by atoms with van der Waals surface area (Å²) in [5.41, 5.74) is -0.372. The van der Waals surface area contributed by atoms with Gasteiger partial charge in [-0.3, -0.25) is 9.69 Å². The van der Waals surface area contributed by atoms with Gasteiger partial charge in [0, 0.05) is 4.90 Å². The van der Waals surface area contributed by atoms with Crippen LogP contribution in [-0.4, -0.2) is 27.3 Å². The lowest BCUT2D eigenvalue weighted by atomic mass is 9.82. The van der Waals surface area contributed by atoms with E-state index >= 15 is 0 Å². The summed E-state index contributed by atoms with van der Waals surface area (Å²) in [5, 5.41) is 9.29. The molecule has 6 heteroatoms. The average Bonchev–Trinajstić information content (AvgIpc) is 2.77. The number of carboxylic acids is 1. The molecular formula is C14H13NO3S2. The van der Waals surface area contributed by atoms with E-state index in [0.717, 1.165) is 4.90 Å². The Labute approximate surface area is 125 Å². The largest absolute Gasteiger partial charge is 0.477 e. The van der Waals surface area contributed by atoms with Crippen LogP contribution >= 0.6 is 23.5 Å². The number of fused-ring (bicyclic) bond motifs is 1. The van der Waals surface area contributed by atoms with Gasteiger partial charge >= 0.3 is 5.97 Å². The topological polar surface area (TPSA) is 57.6 Å². The molecule has 1 N–H and O–H groups in total. The molecule has 2 heterocycles. The third kappa shape index (κ3) is 1.86. The van der Waals surface area contributed by atoms with Crippen molar-refractivity contribution in [2.75, 3.05) is 0 Å². The lowest BCUT2D eigenvalue weighted by molar-refractivity contribution is -0.159. The van der Waals surface area contributed by atoms with E-state index in [1.54, 1.807) is 0 Å². The molecular weight excluding hydrogens is 294 g/mol. The van der Waals surface area contributed by atoms with Crippen LogP contribution in [0.4, 0.5) is 0 Å². The van der Waals surface area contributed by atoms with Crippen LogP contribution < -0.4 is 0 Å². The van der Waals surface area contributed by atoms with Crippen LogP contribution in [0.5, 0.6) is 0 Å². The molecule has 2 aliphatic heterocycles. The van der Waals surface area contributed by atoms with Crippen LogP contribution in [0.1, 0.15) is 13.8 Å². The summed E-state index contributed by atoms with van der Waals surface area (Å²) in [6, 6.07) is 9.60. The summed E-state index contributed by atoms with van der Waals surface area (Å²) in [4.78, 5) is 25.9. The van der Waals surface area contributed by atoms with Gasteiger partial charge in [0.25, 0.3) is 0 Å². The molecule has 0 unspecified atom stereocenters. The van der Waals surface area contributed by atoms with Crippen molar-refractivity contribution in [2.24, 2.45) is 5.41 Å². The predicted molar refractivity (Wildman–Crippen MR) is 79.0 cm³/mol. The van der Waals surface area contributed by atoms with E-state index in [-0.39, 0.29) is 17.0 Å². The molecule has 1 fully saturated rings. The highest BCUT2D eigenvalue weighted by Gasteiger charge is 2.61. The lowest BCUT2D eigenvalue weighted by Crippen LogP contribution is -2.62. The Hall–Kier alpha value is -1.40. The summed E-state index contributed by atoms with van der Waals surface area (Å²) < 4.78 is 0.688. The van der Waals surface area contributed by atoms with Crippen molar-refractivity contribution in [1.82, 2.24) is 4.90 Å². The van der Waals surface area contributed by atoms with Gasteiger partial charge in [-0.05, 0) is 26.0 Å². The Morgan fingerprint density at radius 3 is 2.60 bits per heavy atom. The van der Waals surface area contributed by atoms with Gasteiger partial charge in [-0.1, -0.05) is 41.7 Å². The summed E-state index contributed by atoms with van der Waals surface area (Å²) in [7, 11) is 0. The maximum absolute atomic E-state index is 12.1. The second kappa shape index (κ2) is 4.56. The molecule has 0 spiro atoms. The molecule has 104 valence electrons. The zero-order valence-electron chi connectivity index (χ0n) is 11.0. The minimum absolute atomic E-state index is 0.104. The van der Waals surface area contributed by atoms with Crippen LogP contribution in [0.25, 0.3) is 0 Å². The van der Waals surface area contributed by atoms with E-state index in [0.29, 0.717) is 4.24 Å². The molecule has 0 aromatic heterocycles. The monoisotopic (exact) mass is 307 g/mol. The van der Waals surface area contributed by atoms with Crippen molar-refractivity contribution in [2.45, 2.75) is 24.1 Å². The van der Waals surface area contributed by atoms with Gasteiger partial charge in [0.15, 0.2) is 5.70 Å². The van der Waals surface area contributed by atoms with Crippen molar-refractivity contribution in [1.29, 1.82) is 0 Å². The maximum atomic E-state index is 12.1. The Morgan fingerprint density at radius 1 is 1.35 bits per heavy atom. The number of aliphatic carboxylic acids is 1. The molecule has 0 aliphatic carbocycles. The molecule has 2 aliphatic rings. The first-order valence-electron chi connectivity index (χ1n) is 6.13. The van der Waals surface area contributed by atoms with Crippen molar-refractivity contribution in [3.8, 4) is 0 Å². The third-order valence-corrected chi connectivity index (χ3v) is 6.29. The number of rotatable bonds is 3. The molecule has 3 rings (SSSR count). The van der Waals surface area contributed by atoms with E-state index in [1.807, 2.05) is 44.2 Å². The fraction of sp³-hybridized carbons (Fsp3) is 0.286. The van der Waals surface area contributed by atoms with E-state index in [2.05, 4.69) is 0 Å². The number of benzene rings is 1. The molecule has 1 amide bonds. The lowest BCUT2D eigenvalue weighted by Gasteiger charge is -2.48. The number of nitrogens with zero attached hydrogens (tertiary/aromatic N) is 1. The molecule has 0 radical (unpaired) electrons. The number of carbonyl (C=O) groups excluding carboxylic acids is 1. The number of amides is 1. The smallest absolute Gasteiger partial charge is 0.354 e. The summed E-state index contributed by atoms with van der Waals surface area (Å²) in [5.74, 6) is -1.15. The average molecular weight is 307 g/mol. The third-order valence-electron chi connectivity index (χ3n) is 3.43. The summed E-state index contributed by atoms with van der Waals surface area (Å²) in [6.45, 7) is 3.72. The van der Waals surface area contributed by atoms with Gasteiger partial charge in [0.1, 0.15) is 5.37 Å². The number of hydrogen-bond donors (Lipinski definition) is 1. The maximum Gasteiger partial charge on any atom is 0.354 e. The zero-order chi connectivity index (χ0) is 14.5. The Balaban J connectivity index is 1.94. The van der Waals surface area contributed by atoms with Crippen LogP contribution in [0.15, 0.2) is 45.2 Å². The normalized spacial score (nSPS) is 23.6. The van der Waals surface area contributed by atoms with E-state index in [9.17, 15) is 14.7 Å². The predicted octanol–water partition coefficient (Wildman–Crippen LogP) is 2.97. The van der Waals surface area contributed by atoms with Crippen LogP contribution in [0.3, 0.4) is 0 Å². The molecule has 1 saturated heterocycles. The zero-order valence-corrected chi connectivity index (χ0v) is 12.6. The molecule has 0 bridgehead atoms. The van der Waals surface area contributed by atoms with Crippen LogP contribution in [0, 0.1) is 5.41 Å². The molecule has 1 aromatic carbocycles. The molecule has 4 nitrogen and oxygen atoms in total. The van der Waals surface area contributed by atoms with Gasteiger partial charge in [0.2, 0.25) is 5.91 Å².